The van der Waals surface area contributed by atoms with E-state index < -0.39 is 0 Å². The van der Waals surface area contributed by atoms with E-state index in [1.807, 2.05) is 26.0 Å². The largest absolute Gasteiger partial charge is 0.490 e. The van der Waals surface area contributed by atoms with Gasteiger partial charge in [0.1, 0.15) is 0 Å². The number of ether oxygens (including phenoxy) is 2. The lowest BCUT2D eigenvalue weighted by Gasteiger charge is -2.21. The van der Waals surface area contributed by atoms with Gasteiger partial charge in [0.25, 0.3) is 0 Å². The van der Waals surface area contributed by atoms with E-state index in [9.17, 15) is 4.79 Å². The molecule has 2 N–H and O–H groups in total. The van der Waals surface area contributed by atoms with E-state index in [4.69, 9.17) is 9.47 Å². The van der Waals surface area contributed by atoms with Crippen LogP contribution in [0.2, 0.25) is 0 Å². The Morgan fingerprint density at radius 1 is 1.08 bits per heavy atom. The fourth-order valence-electron chi connectivity index (χ4n) is 3.17. The third kappa shape index (κ3) is 5.95. The lowest BCUT2D eigenvalue weighted by Crippen LogP contribution is -2.30. The highest BCUT2D eigenvalue weighted by Gasteiger charge is 2.13. The molecular weight excluding hydrogens is 304 g/mol. The predicted octanol–water partition coefficient (Wildman–Crippen LogP) is 4.58. The highest BCUT2D eigenvalue weighted by atomic mass is 16.5. The number of carbonyl (C=O) groups excluding carboxylic acids is 1. The van der Waals surface area contributed by atoms with Gasteiger partial charge in [0.2, 0.25) is 0 Å². The molecule has 0 spiro atoms. The number of anilines is 1. The summed E-state index contributed by atoms with van der Waals surface area (Å²) in [5, 5.41) is 5.81. The van der Waals surface area contributed by atoms with Crippen LogP contribution in [0.4, 0.5) is 10.5 Å². The highest BCUT2D eigenvalue weighted by Crippen LogP contribution is 2.30. The molecule has 1 aliphatic carbocycles. The topological polar surface area (TPSA) is 59.6 Å². The summed E-state index contributed by atoms with van der Waals surface area (Å²) >= 11 is 0. The van der Waals surface area contributed by atoms with Gasteiger partial charge in [0, 0.05) is 18.3 Å². The fraction of sp³-hybridized carbons (Fsp3) is 0.632. The van der Waals surface area contributed by atoms with Crippen molar-refractivity contribution in [1.82, 2.24) is 5.32 Å². The first-order valence-corrected chi connectivity index (χ1v) is 9.17. The van der Waals surface area contributed by atoms with Gasteiger partial charge in [-0.3, -0.25) is 0 Å². The van der Waals surface area contributed by atoms with Crippen LogP contribution in [0.5, 0.6) is 11.5 Å². The van der Waals surface area contributed by atoms with Crippen molar-refractivity contribution in [1.29, 1.82) is 0 Å². The Morgan fingerprint density at radius 2 is 1.79 bits per heavy atom. The van der Waals surface area contributed by atoms with Crippen molar-refractivity contribution < 1.29 is 14.3 Å². The molecule has 24 heavy (non-hydrogen) atoms. The van der Waals surface area contributed by atoms with Gasteiger partial charge in [-0.15, -0.1) is 0 Å². The number of carbonyl (C=O) groups is 1. The number of hydrogen-bond acceptors (Lipinski definition) is 3. The number of urea groups is 1. The maximum atomic E-state index is 12.0. The minimum Gasteiger partial charge on any atom is -0.490 e. The van der Waals surface area contributed by atoms with Crippen LogP contribution in [-0.2, 0) is 0 Å². The van der Waals surface area contributed by atoms with Crippen molar-refractivity contribution in [3.63, 3.8) is 0 Å². The van der Waals surface area contributed by atoms with Gasteiger partial charge in [-0.05, 0) is 38.3 Å². The molecule has 134 valence electrons. The van der Waals surface area contributed by atoms with E-state index >= 15 is 0 Å². The maximum absolute atomic E-state index is 12.0. The van der Waals surface area contributed by atoms with Crippen molar-refractivity contribution >= 4 is 11.7 Å². The summed E-state index contributed by atoms with van der Waals surface area (Å²) in [6, 6.07) is 5.28. The Bertz CT molecular complexity index is 513. The Hall–Kier alpha value is -1.91. The zero-order valence-electron chi connectivity index (χ0n) is 14.9. The van der Waals surface area contributed by atoms with E-state index in [1.165, 1.54) is 32.1 Å². The Morgan fingerprint density at radius 3 is 2.50 bits per heavy atom. The van der Waals surface area contributed by atoms with Gasteiger partial charge < -0.3 is 20.1 Å². The maximum Gasteiger partial charge on any atom is 0.319 e. The molecule has 1 fully saturated rings. The van der Waals surface area contributed by atoms with E-state index in [-0.39, 0.29) is 6.03 Å². The van der Waals surface area contributed by atoms with Gasteiger partial charge in [-0.25, -0.2) is 4.79 Å². The fourth-order valence-corrected chi connectivity index (χ4v) is 3.17. The van der Waals surface area contributed by atoms with Gasteiger partial charge in [-0.1, -0.05) is 32.1 Å². The summed E-state index contributed by atoms with van der Waals surface area (Å²) in [6.45, 7) is 5.72. The second-order valence-electron chi connectivity index (χ2n) is 6.20. The van der Waals surface area contributed by atoms with Crippen molar-refractivity contribution in [3.8, 4) is 11.5 Å². The summed E-state index contributed by atoms with van der Waals surface area (Å²) in [6.07, 6.45) is 7.72. The van der Waals surface area contributed by atoms with Gasteiger partial charge in [0.15, 0.2) is 11.5 Å². The van der Waals surface area contributed by atoms with Gasteiger partial charge >= 0.3 is 6.03 Å². The van der Waals surface area contributed by atoms with Crippen LogP contribution >= 0.6 is 0 Å². The Balaban J connectivity index is 1.80. The average Bonchev–Trinajstić information content (AvgIpc) is 2.58. The lowest BCUT2D eigenvalue weighted by atomic mass is 9.87. The third-order valence-electron chi connectivity index (χ3n) is 4.36. The molecular formula is C19H30N2O3. The number of benzene rings is 1. The number of amides is 2. The SMILES string of the molecule is CCOc1ccc(NC(=O)NCCC2CCCCC2)cc1OCC. The summed E-state index contributed by atoms with van der Waals surface area (Å²) in [5.41, 5.74) is 0.706. The molecule has 5 heteroatoms. The molecule has 0 unspecified atom stereocenters. The van der Waals surface area contributed by atoms with Crippen LogP contribution in [0.15, 0.2) is 18.2 Å². The molecule has 0 radical (unpaired) electrons. The van der Waals surface area contributed by atoms with Gasteiger partial charge in [0.05, 0.1) is 13.2 Å². The molecule has 0 atom stereocenters. The molecule has 1 aromatic rings. The van der Waals surface area contributed by atoms with E-state index in [2.05, 4.69) is 10.6 Å². The quantitative estimate of drug-likeness (QED) is 0.732. The molecule has 0 aromatic heterocycles. The van der Waals surface area contributed by atoms with Crippen molar-refractivity contribution in [3.05, 3.63) is 18.2 Å². The normalized spacial score (nSPS) is 14.9. The molecule has 0 aliphatic heterocycles. The van der Waals surface area contributed by atoms with Crippen molar-refractivity contribution in [2.24, 2.45) is 5.92 Å². The minimum absolute atomic E-state index is 0.169. The summed E-state index contributed by atoms with van der Waals surface area (Å²) in [7, 11) is 0. The highest BCUT2D eigenvalue weighted by molar-refractivity contribution is 5.89. The number of rotatable bonds is 8. The first-order chi connectivity index (χ1) is 11.7. The summed E-state index contributed by atoms with van der Waals surface area (Å²) in [4.78, 5) is 12.0. The standard InChI is InChI=1S/C19H30N2O3/c1-3-23-17-11-10-16(14-18(17)24-4-2)21-19(22)20-13-12-15-8-6-5-7-9-15/h10-11,14-15H,3-9,12-13H2,1-2H3,(H2,20,21,22). The first kappa shape index (κ1) is 18.4. The van der Waals surface area contributed by atoms with Crippen LogP contribution in [0, 0.1) is 5.92 Å². The molecule has 0 saturated heterocycles. The van der Waals surface area contributed by atoms with Crippen LogP contribution < -0.4 is 20.1 Å². The third-order valence-corrected chi connectivity index (χ3v) is 4.36. The second-order valence-corrected chi connectivity index (χ2v) is 6.20. The molecule has 1 aliphatic rings. The molecule has 0 heterocycles. The van der Waals surface area contributed by atoms with Gasteiger partial charge in [-0.2, -0.15) is 0 Å². The zero-order valence-corrected chi connectivity index (χ0v) is 14.9. The average molecular weight is 334 g/mol. The second kappa shape index (κ2) is 10.1. The number of hydrogen-bond donors (Lipinski definition) is 2. The molecule has 0 bridgehead atoms. The Kier molecular flexibility index (Phi) is 7.72. The van der Waals surface area contributed by atoms with E-state index in [0.717, 1.165) is 18.9 Å². The molecule has 2 amide bonds. The van der Waals surface area contributed by atoms with Crippen molar-refractivity contribution in [2.75, 3.05) is 25.1 Å². The van der Waals surface area contributed by atoms with E-state index in [1.54, 1.807) is 6.07 Å². The molecule has 2 rings (SSSR count). The predicted molar refractivity (Wildman–Crippen MR) is 97.0 cm³/mol. The first-order valence-electron chi connectivity index (χ1n) is 9.17. The lowest BCUT2D eigenvalue weighted by molar-refractivity contribution is 0.250. The molecule has 1 aromatic carbocycles. The van der Waals surface area contributed by atoms with Crippen LogP contribution in [0.1, 0.15) is 52.4 Å². The Labute approximate surface area is 145 Å². The summed E-state index contributed by atoms with van der Waals surface area (Å²) in [5.74, 6) is 2.12. The van der Waals surface area contributed by atoms with E-state index in [0.29, 0.717) is 30.4 Å². The van der Waals surface area contributed by atoms with Crippen LogP contribution in [-0.4, -0.2) is 25.8 Å². The number of nitrogens with one attached hydrogen (secondary N) is 2. The van der Waals surface area contributed by atoms with Crippen LogP contribution in [0.3, 0.4) is 0 Å². The zero-order chi connectivity index (χ0) is 17.2. The smallest absolute Gasteiger partial charge is 0.319 e. The minimum atomic E-state index is -0.169. The molecule has 5 nitrogen and oxygen atoms in total. The van der Waals surface area contributed by atoms with Crippen molar-refractivity contribution in [2.45, 2.75) is 52.4 Å². The monoisotopic (exact) mass is 334 g/mol. The molecule has 1 saturated carbocycles. The summed E-state index contributed by atoms with van der Waals surface area (Å²) < 4.78 is 11.1. The van der Waals surface area contributed by atoms with Crippen LogP contribution in [0.25, 0.3) is 0 Å².